The van der Waals surface area contributed by atoms with E-state index in [0.717, 1.165) is 5.56 Å². The van der Waals surface area contributed by atoms with Crippen LogP contribution in [0.5, 0.6) is 0 Å². The van der Waals surface area contributed by atoms with E-state index in [2.05, 4.69) is 15.0 Å². The summed E-state index contributed by atoms with van der Waals surface area (Å²) in [6, 6.07) is 19.4. The number of amidine groups is 1. The summed E-state index contributed by atoms with van der Waals surface area (Å²) in [5, 5.41) is 5.82. The molecule has 0 aliphatic carbocycles. The lowest BCUT2D eigenvalue weighted by Gasteiger charge is -2.08. The number of anilines is 1. The Morgan fingerprint density at radius 3 is 2.37 bits per heavy atom. The summed E-state index contributed by atoms with van der Waals surface area (Å²) >= 11 is 0. The second kappa shape index (κ2) is 8.08. The molecule has 1 aliphatic rings. The highest BCUT2D eigenvalue weighted by Crippen LogP contribution is 2.26. The van der Waals surface area contributed by atoms with Crippen molar-refractivity contribution in [2.75, 3.05) is 11.9 Å². The van der Waals surface area contributed by atoms with E-state index in [-0.39, 0.29) is 22.5 Å². The van der Waals surface area contributed by atoms with Gasteiger partial charge in [-0.3, -0.25) is 4.79 Å². The molecule has 30 heavy (non-hydrogen) atoms. The first kappa shape index (κ1) is 19.8. The van der Waals surface area contributed by atoms with Crippen LogP contribution in [0.1, 0.15) is 21.5 Å². The Hall–Kier alpha value is -3.52. The highest BCUT2D eigenvalue weighted by atomic mass is 32.2. The van der Waals surface area contributed by atoms with E-state index in [0.29, 0.717) is 29.8 Å². The first-order valence-corrected chi connectivity index (χ1v) is 10.7. The zero-order valence-electron chi connectivity index (χ0n) is 15.8. The summed E-state index contributed by atoms with van der Waals surface area (Å²) in [4.78, 5) is 12.5. The minimum absolute atomic E-state index is 0.171. The molecule has 1 heterocycles. The fourth-order valence-corrected chi connectivity index (χ4v) is 4.29. The quantitative estimate of drug-likeness (QED) is 0.659. The molecular weight excluding hydrogens is 405 g/mol. The number of hydrogen-bond donors (Lipinski definition) is 2. The summed E-state index contributed by atoms with van der Waals surface area (Å²) in [6.45, 7) is 0.427. The third kappa shape index (κ3) is 4.23. The number of carbonyl (C=O) groups is 1. The van der Waals surface area contributed by atoms with Gasteiger partial charge in [0.25, 0.3) is 15.9 Å². The van der Waals surface area contributed by atoms with Crippen molar-refractivity contribution in [3.63, 3.8) is 0 Å². The lowest BCUT2D eigenvalue weighted by molar-refractivity contribution is 0.0954. The molecule has 1 aliphatic heterocycles. The van der Waals surface area contributed by atoms with Gasteiger partial charge < -0.3 is 10.6 Å². The first-order valence-electron chi connectivity index (χ1n) is 9.26. The molecule has 8 heteroatoms. The van der Waals surface area contributed by atoms with E-state index in [1.165, 1.54) is 18.2 Å². The van der Waals surface area contributed by atoms with Crippen LogP contribution in [0.25, 0.3) is 0 Å². The molecule has 0 aromatic heterocycles. The van der Waals surface area contributed by atoms with Crippen molar-refractivity contribution in [3.8, 4) is 0 Å². The summed E-state index contributed by atoms with van der Waals surface area (Å²) in [6.07, 6.45) is 0.597. The van der Waals surface area contributed by atoms with Gasteiger partial charge >= 0.3 is 0 Å². The van der Waals surface area contributed by atoms with Gasteiger partial charge in [-0.1, -0.05) is 24.3 Å². The first-order chi connectivity index (χ1) is 14.4. The van der Waals surface area contributed by atoms with E-state index in [1.807, 2.05) is 0 Å². The van der Waals surface area contributed by atoms with Crippen molar-refractivity contribution in [1.29, 1.82) is 0 Å². The highest BCUT2D eigenvalue weighted by Gasteiger charge is 2.28. The monoisotopic (exact) mass is 423 g/mol. The summed E-state index contributed by atoms with van der Waals surface area (Å²) < 4.78 is 40.9. The maximum atomic E-state index is 12.9. The van der Waals surface area contributed by atoms with Crippen molar-refractivity contribution in [2.24, 2.45) is 4.40 Å². The largest absolute Gasteiger partial charge is 0.352 e. The summed E-state index contributed by atoms with van der Waals surface area (Å²) in [5.41, 5.74) is 2.54. The molecule has 0 bridgehead atoms. The van der Waals surface area contributed by atoms with Crippen molar-refractivity contribution in [2.45, 2.75) is 11.3 Å². The van der Waals surface area contributed by atoms with Gasteiger partial charge in [-0.15, -0.1) is 4.40 Å². The second-order valence-electron chi connectivity index (χ2n) is 6.75. The third-order valence-corrected chi connectivity index (χ3v) is 5.99. The number of sulfonamides is 1. The predicted octanol–water partition coefficient (Wildman–Crippen LogP) is 3.36. The van der Waals surface area contributed by atoms with Crippen LogP contribution >= 0.6 is 0 Å². The minimum atomic E-state index is -3.69. The number of benzene rings is 3. The number of amides is 1. The van der Waals surface area contributed by atoms with Crippen molar-refractivity contribution in [1.82, 2.24) is 5.32 Å². The van der Waals surface area contributed by atoms with E-state index in [9.17, 15) is 17.6 Å². The standard InChI is InChI=1S/C22H18FN3O3S/c23-17-9-5-15(6-10-17)13-14-24-22(27)16-7-11-18(12-8-16)25-21-19-3-1-2-4-20(19)30(28,29)26-21/h1-12H,13-14H2,(H,24,27)(H,25,26). The average molecular weight is 423 g/mol. The maximum Gasteiger partial charge on any atom is 0.285 e. The van der Waals surface area contributed by atoms with E-state index in [4.69, 9.17) is 0 Å². The SMILES string of the molecule is O=C(NCCc1ccc(F)cc1)c1ccc(NC2=NS(=O)(=O)c3ccccc32)cc1. The van der Waals surface area contributed by atoms with Gasteiger partial charge in [0.2, 0.25) is 0 Å². The molecule has 0 spiro atoms. The topological polar surface area (TPSA) is 87.6 Å². The summed E-state index contributed by atoms with van der Waals surface area (Å²) in [7, 11) is -3.69. The predicted molar refractivity (Wildman–Crippen MR) is 113 cm³/mol. The van der Waals surface area contributed by atoms with Crippen molar-refractivity contribution >= 4 is 27.5 Å². The Morgan fingerprint density at radius 2 is 1.63 bits per heavy atom. The lowest BCUT2D eigenvalue weighted by atomic mass is 10.1. The molecule has 2 N–H and O–H groups in total. The minimum Gasteiger partial charge on any atom is -0.352 e. The zero-order valence-corrected chi connectivity index (χ0v) is 16.6. The van der Waals surface area contributed by atoms with Crippen LogP contribution in [0, 0.1) is 5.82 Å². The van der Waals surface area contributed by atoms with Crippen LogP contribution < -0.4 is 10.6 Å². The number of nitrogens with zero attached hydrogens (tertiary/aromatic N) is 1. The molecule has 1 amide bonds. The molecule has 0 saturated heterocycles. The lowest BCUT2D eigenvalue weighted by Crippen LogP contribution is -2.25. The smallest absolute Gasteiger partial charge is 0.285 e. The number of nitrogens with one attached hydrogen (secondary N) is 2. The number of hydrogen-bond acceptors (Lipinski definition) is 4. The van der Waals surface area contributed by atoms with E-state index >= 15 is 0 Å². The molecule has 4 rings (SSSR count). The van der Waals surface area contributed by atoms with Gasteiger partial charge in [-0.2, -0.15) is 8.42 Å². The molecule has 0 saturated carbocycles. The molecule has 0 unspecified atom stereocenters. The number of rotatable bonds is 5. The molecule has 3 aromatic rings. The van der Waals surface area contributed by atoms with E-state index < -0.39 is 10.0 Å². The molecule has 152 valence electrons. The number of halogens is 1. The fraction of sp³-hybridized carbons (Fsp3) is 0.0909. The van der Waals surface area contributed by atoms with Gasteiger partial charge in [0, 0.05) is 23.4 Å². The van der Waals surface area contributed by atoms with Gasteiger partial charge in [0.05, 0.1) is 0 Å². The number of fused-ring (bicyclic) bond motifs is 1. The van der Waals surface area contributed by atoms with Gasteiger partial charge in [-0.05, 0) is 60.5 Å². The van der Waals surface area contributed by atoms with Crippen LogP contribution in [-0.4, -0.2) is 26.7 Å². The summed E-state index contributed by atoms with van der Waals surface area (Å²) in [5.74, 6) is -0.266. The molecular formula is C22H18FN3O3S. The molecule has 0 atom stereocenters. The van der Waals surface area contributed by atoms with Gasteiger partial charge in [-0.25, -0.2) is 4.39 Å². The maximum absolute atomic E-state index is 12.9. The van der Waals surface area contributed by atoms with Crippen LogP contribution in [0.15, 0.2) is 82.1 Å². The zero-order chi connectivity index (χ0) is 21.1. The van der Waals surface area contributed by atoms with Crippen LogP contribution in [-0.2, 0) is 16.4 Å². The van der Waals surface area contributed by atoms with Gasteiger partial charge in [0.15, 0.2) is 5.84 Å². The number of carbonyl (C=O) groups excluding carboxylic acids is 1. The Balaban J connectivity index is 1.37. The van der Waals surface area contributed by atoms with Crippen LogP contribution in [0.3, 0.4) is 0 Å². The fourth-order valence-electron chi connectivity index (χ4n) is 3.11. The molecule has 0 radical (unpaired) electrons. The van der Waals surface area contributed by atoms with Crippen molar-refractivity contribution in [3.05, 3.63) is 95.3 Å². The second-order valence-corrected chi connectivity index (χ2v) is 8.32. The van der Waals surface area contributed by atoms with E-state index in [1.54, 1.807) is 54.6 Å². The molecule has 0 fully saturated rings. The van der Waals surface area contributed by atoms with Crippen LogP contribution in [0.4, 0.5) is 10.1 Å². The molecule has 3 aromatic carbocycles. The Morgan fingerprint density at radius 1 is 0.933 bits per heavy atom. The Bertz CT molecular complexity index is 1220. The Labute approximate surface area is 173 Å². The third-order valence-electron chi connectivity index (χ3n) is 4.65. The highest BCUT2D eigenvalue weighted by molar-refractivity contribution is 7.90. The van der Waals surface area contributed by atoms with Crippen molar-refractivity contribution < 1.29 is 17.6 Å². The van der Waals surface area contributed by atoms with Crippen LogP contribution in [0.2, 0.25) is 0 Å². The normalized spacial score (nSPS) is 14.0. The molecule has 6 nitrogen and oxygen atoms in total. The average Bonchev–Trinajstić information content (AvgIpc) is 3.00. The Kier molecular flexibility index (Phi) is 5.33. The van der Waals surface area contributed by atoms with Gasteiger partial charge in [0.1, 0.15) is 10.7 Å².